The van der Waals surface area contributed by atoms with E-state index < -0.39 is 22.9 Å². The Hall–Kier alpha value is -2.94. The average molecular weight is 348 g/mol. The Morgan fingerprint density at radius 1 is 1.28 bits per heavy atom. The van der Waals surface area contributed by atoms with Crippen molar-refractivity contribution < 1.29 is 14.4 Å². The molecular weight excluding hydrogens is 329 g/mol. The number of H-pyrrole nitrogens is 1. The van der Waals surface area contributed by atoms with Gasteiger partial charge < -0.3 is 10.0 Å². The van der Waals surface area contributed by atoms with Gasteiger partial charge in [0.15, 0.2) is 0 Å². The van der Waals surface area contributed by atoms with Gasteiger partial charge in [-0.1, -0.05) is 12.1 Å². The molecule has 9 heteroatoms. The molecule has 0 aliphatic carbocycles. The number of hydrogen-bond acceptors (Lipinski definition) is 5. The molecule has 0 amide bonds. The van der Waals surface area contributed by atoms with Crippen LogP contribution in [0.5, 0.6) is 5.88 Å². The summed E-state index contributed by atoms with van der Waals surface area (Å²) in [4.78, 5) is 27.5. The summed E-state index contributed by atoms with van der Waals surface area (Å²) in [6, 6.07) is 5.48. The number of likely N-dealkylation sites (N-methyl/N-ethyl adjacent to an activating group) is 1. The lowest BCUT2D eigenvalue weighted by molar-refractivity contribution is -0.884. The van der Waals surface area contributed by atoms with Gasteiger partial charge in [0.1, 0.15) is 11.4 Å². The average Bonchev–Trinajstić information content (AvgIpc) is 2.57. The van der Waals surface area contributed by atoms with Crippen LogP contribution >= 0.6 is 0 Å². The third-order valence-electron chi connectivity index (χ3n) is 4.16. The number of aromatic hydroxyl groups is 1. The van der Waals surface area contributed by atoms with E-state index in [9.17, 15) is 19.1 Å². The molecule has 0 atom stereocenters. The molecule has 1 aliphatic rings. The molecule has 0 bridgehead atoms. The van der Waals surface area contributed by atoms with Crippen LogP contribution in [0.4, 0.5) is 4.39 Å². The summed E-state index contributed by atoms with van der Waals surface area (Å²) in [6.45, 7) is 3.25. The van der Waals surface area contributed by atoms with E-state index in [-0.39, 0.29) is 11.3 Å². The zero-order valence-corrected chi connectivity index (χ0v) is 13.7. The maximum absolute atomic E-state index is 14.0. The number of hydrazone groups is 1. The summed E-state index contributed by atoms with van der Waals surface area (Å²) >= 11 is 0. The molecule has 0 saturated carbocycles. The van der Waals surface area contributed by atoms with Crippen molar-refractivity contribution in [3.05, 3.63) is 56.5 Å². The second-order valence-electron chi connectivity index (χ2n) is 5.94. The minimum atomic E-state index is -0.923. The molecule has 3 N–H and O–H groups in total. The number of aromatic nitrogens is 2. The summed E-state index contributed by atoms with van der Waals surface area (Å²) in [5.74, 6) is -1.35. The number of rotatable bonds is 3. The summed E-state index contributed by atoms with van der Waals surface area (Å²) in [7, 11) is 2.09. The van der Waals surface area contributed by atoms with Gasteiger partial charge in [0.25, 0.3) is 5.56 Å². The normalized spacial score (nSPS) is 15.8. The van der Waals surface area contributed by atoms with Crippen LogP contribution in [-0.2, 0) is 0 Å². The number of nitrogens with zero attached hydrogens (tertiary/aromatic N) is 3. The van der Waals surface area contributed by atoms with Crippen LogP contribution in [0.25, 0.3) is 5.69 Å². The van der Waals surface area contributed by atoms with Crippen LogP contribution in [-0.4, -0.2) is 59.1 Å². The van der Waals surface area contributed by atoms with Crippen molar-refractivity contribution in [3.63, 3.8) is 0 Å². The van der Waals surface area contributed by atoms with Crippen LogP contribution in [0.1, 0.15) is 5.56 Å². The highest BCUT2D eigenvalue weighted by Crippen LogP contribution is 2.17. The van der Waals surface area contributed by atoms with E-state index in [4.69, 9.17) is 0 Å². The van der Waals surface area contributed by atoms with E-state index in [0.29, 0.717) is 17.7 Å². The van der Waals surface area contributed by atoms with Gasteiger partial charge in [0, 0.05) is 0 Å². The van der Waals surface area contributed by atoms with E-state index in [2.05, 4.69) is 17.1 Å². The van der Waals surface area contributed by atoms with Crippen molar-refractivity contribution in [2.45, 2.75) is 0 Å². The molecule has 0 radical (unpaired) electrons. The molecule has 8 nitrogen and oxygen atoms in total. The molecule has 0 spiro atoms. The molecular formula is C16H19FN5O3+. The van der Waals surface area contributed by atoms with Gasteiger partial charge in [-0.3, -0.25) is 14.8 Å². The van der Waals surface area contributed by atoms with Crippen molar-refractivity contribution >= 4 is 6.21 Å². The Labute approximate surface area is 142 Å². The topological polar surface area (TPSA) is 95.1 Å². The highest BCUT2D eigenvalue weighted by molar-refractivity contribution is 5.82. The number of hydrogen-bond donors (Lipinski definition) is 3. The molecule has 0 unspecified atom stereocenters. The highest BCUT2D eigenvalue weighted by atomic mass is 19.1. The van der Waals surface area contributed by atoms with Gasteiger partial charge in [-0.2, -0.15) is 5.10 Å². The molecule has 1 aromatic carbocycles. The molecule has 1 aromatic heterocycles. The molecule has 2 heterocycles. The van der Waals surface area contributed by atoms with Crippen LogP contribution in [0, 0.1) is 5.82 Å². The van der Waals surface area contributed by atoms with Crippen LogP contribution in [0.3, 0.4) is 0 Å². The Kier molecular flexibility index (Phi) is 4.66. The lowest BCUT2D eigenvalue weighted by atomic mass is 10.2. The smallest absolute Gasteiger partial charge is 0.335 e. The van der Waals surface area contributed by atoms with E-state index in [0.717, 1.165) is 19.2 Å². The molecule has 132 valence electrons. The molecule has 3 rings (SSSR count). The Balaban J connectivity index is 2.01. The first-order valence-corrected chi connectivity index (χ1v) is 7.91. The standard InChI is InChI=1S/C16H18FN5O3/c1-20-6-8-21(9-7-20)18-10-11-14(23)19-16(25)22(15(11)24)13-5-3-2-4-12(13)17/h2-5,10,24H,6-9H2,1H3,(H,19,23,25)/p+1/b18-10+. The van der Waals surface area contributed by atoms with Crippen molar-refractivity contribution in [2.75, 3.05) is 33.2 Å². The zero-order valence-electron chi connectivity index (χ0n) is 13.7. The van der Waals surface area contributed by atoms with E-state index >= 15 is 0 Å². The summed E-state index contributed by atoms with van der Waals surface area (Å²) in [6.07, 6.45) is 1.20. The first-order chi connectivity index (χ1) is 12.0. The molecule has 2 aromatic rings. The van der Waals surface area contributed by atoms with E-state index in [1.54, 1.807) is 5.01 Å². The Morgan fingerprint density at radius 2 is 1.96 bits per heavy atom. The lowest BCUT2D eigenvalue weighted by Crippen LogP contribution is -3.11. The van der Waals surface area contributed by atoms with Gasteiger partial charge in [0.2, 0.25) is 5.88 Å². The minimum Gasteiger partial charge on any atom is -0.493 e. The fourth-order valence-electron chi connectivity index (χ4n) is 2.64. The molecule has 1 fully saturated rings. The number of benzene rings is 1. The van der Waals surface area contributed by atoms with E-state index in [1.807, 2.05) is 0 Å². The van der Waals surface area contributed by atoms with Crippen molar-refractivity contribution in [3.8, 4) is 11.6 Å². The van der Waals surface area contributed by atoms with Crippen molar-refractivity contribution in [2.24, 2.45) is 5.10 Å². The van der Waals surface area contributed by atoms with Crippen molar-refractivity contribution in [1.29, 1.82) is 0 Å². The molecule has 1 saturated heterocycles. The third kappa shape index (κ3) is 3.45. The number of piperazine rings is 1. The molecule has 25 heavy (non-hydrogen) atoms. The van der Waals surface area contributed by atoms with E-state index in [1.165, 1.54) is 29.3 Å². The quantitative estimate of drug-likeness (QED) is 0.591. The Bertz CT molecular complexity index is 913. The largest absolute Gasteiger partial charge is 0.493 e. The number of para-hydroxylation sites is 1. The predicted octanol–water partition coefficient (Wildman–Crippen LogP) is -1.47. The molecule has 1 aliphatic heterocycles. The number of nitrogens with one attached hydrogen (secondary N) is 2. The fraction of sp³-hybridized carbons (Fsp3) is 0.312. The second kappa shape index (κ2) is 6.89. The lowest BCUT2D eigenvalue weighted by Gasteiger charge is -2.27. The van der Waals surface area contributed by atoms with Gasteiger partial charge in [-0.05, 0) is 12.1 Å². The van der Waals surface area contributed by atoms with Crippen molar-refractivity contribution in [1.82, 2.24) is 14.6 Å². The monoisotopic (exact) mass is 348 g/mol. The van der Waals surface area contributed by atoms with Crippen LogP contribution in [0.2, 0.25) is 0 Å². The maximum Gasteiger partial charge on any atom is 0.335 e. The summed E-state index contributed by atoms with van der Waals surface area (Å²) < 4.78 is 14.7. The summed E-state index contributed by atoms with van der Waals surface area (Å²) in [5, 5.41) is 16.3. The minimum absolute atomic E-state index is 0.154. The van der Waals surface area contributed by atoms with Crippen LogP contribution in [0.15, 0.2) is 39.0 Å². The number of quaternary nitrogens is 1. The second-order valence-corrected chi connectivity index (χ2v) is 5.94. The SMILES string of the molecule is C[NH+]1CCN(/N=C/c2c(O)n(-c3ccccc3F)c(=O)[nH]c2=O)CC1. The number of aromatic amines is 1. The van der Waals surface area contributed by atoms with Gasteiger partial charge in [-0.25, -0.2) is 13.8 Å². The maximum atomic E-state index is 14.0. The first kappa shape index (κ1) is 16.9. The van der Waals surface area contributed by atoms with Gasteiger partial charge in [-0.15, -0.1) is 0 Å². The first-order valence-electron chi connectivity index (χ1n) is 7.91. The van der Waals surface area contributed by atoms with Gasteiger partial charge >= 0.3 is 5.69 Å². The Morgan fingerprint density at radius 3 is 2.64 bits per heavy atom. The predicted molar refractivity (Wildman–Crippen MR) is 90.1 cm³/mol. The number of halogens is 1. The fourth-order valence-corrected chi connectivity index (χ4v) is 2.64. The summed E-state index contributed by atoms with van der Waals surface area (Å²) in [5.41, 5.74) is -2.06. The third-order valence-corrected chi connectivity index (χ3v) is 4.16. The van der Waals surface area contributed by atoms with Gasteiger partial charge in [0.05, 0.1) is 45.1 Å². The van der Waals surface area contributed by atoms with Crippen LogP contribution < -0.4 is 16.1 Å². The highest BCUT2D eigenvalue weighted by Gasteiger charge is 2.18. The zero-order chi connectivity index (χ0) is 18.0.